The lowest BCUT2D eigenvalue weighted by Crippen LogP contribution is -2.18. The van der Waals surface area contributed by atoms with Crippen molar-refractivity contribution in [1.29, 1.82) is 5.26 Å². The second kappa shape index (κ2) is 5.83. The van der Waals surface area contributed by atoms with Crippen molar-refractivity contribution in [2.75, 3.05) is 0 Å². The van der Waals surface area contributed by atoms with Crippen LogP contribution in [0.15, 0.2) is 18.2 Å². The molecule has 0 spiro atoms. The van der Waals surface area contributed by atoms with Crippen LogP contribution in [0.5, 0.6) is 0 Å². The first-order chi connectivity index (χ1) is 7.60. The van der Waals surface area contributed by atoms with E-state index in [1.807, 2.05) is 0 Å². The number of hydrogen-bond donors (Lipinski definition) is 3. The van der Waals surface area contributed by atoms with E-state index in [-0.39, 0.29) is 13.0 Å². The molecular weight excluding hydrogens is 230 g/mol. The zero-order valence-electron chi connectivity index (χ0n) is 8.47. The standard InChI is InChI=1S/C11H12ClNO3/c12-8-1-2-9(7(5-8)6-14)11(16)10(15)3-4-13/h1-2,5,10-11,14-16H,3,6H2. The van der Waals surface area contributed by atoms with Crippen LogP contribution in [0.3, 0.4) is 0 Å². The molecule has 0 saturated carbocycles. The van der Waals surface area contributed by atoms with Crippen molar-refractivity contribution in [1.82, 2.24) is 0 Å². The Morgan fingerprint density at radius 1 is 1.38 bits per heavy atom. The van der Waals surface area contributed by atoms with Crippen LogP contribution in [0.4, 0.5) is 0 Å². The van der Waals surface area contributed by atoms with Crippen molar-refractivity contribution >= 4 is 11.6 Å². The number of benzene rings is 1. The first-order valence-electron chi connectivity index (χ1n) is 4.72. The van der Waals surface area contributed by atoms with Gasteiger partial charge in [0.25, 0.3) is 0 Å². The van der Waals surface area contributed by atoms with Gasteiger partial charge >= 0.3 is 0 Å². The van der Waals surface area contributed by atoms with Crippen molar-refractivity contribution in [2.45, 2.75) is 25.2 Å². The summed E-state index contributed by atoms with van der Waals surface area (Å²) in [5.41, 5.74) is 0.826. The lowest BCUT2D eigenvalue weighted by Gasteiger charge is -2.18. The molecule has 2 atom stereocenters. The average molecular weight is 242 g/mol. The van der Waals surface area contributed by atoms with Crippen LogP contribution < -0.4 is 0 Å². The third-order valence-electron chi connectivity index (χ3n) is 2.26. The highest BCUT2D eigenvalue weighted by molar-refractivity contribution is 6.30. The van der Waals surface area contributed by atoms with Gasteiger partial charge in [0.15, 0.2) is 0 Å². The topological polar surface area (TPSA) is 84.5 Å². The van der Waals surface area contributed by atoms with Crippen molar-refractivity contribution in [3.8, 4) is 6.07 Å². The lowest BCUT2D eigenvalue weighted by atomic mass is 9.98. The Balaban J connectivity index is 2.99. The van der Waals surface area contributed by atoms with Crippen LogP contribution >= 0.6 is 11.6 Å². The molecule has 0 aliphatic heterocycles. The van der Waals surface area contributed by atoms with Crippen LogP contribution in [-0.4, -0.2) is 21.4 Å². The summed E-state index contributed by atoms with van der Waals surface area (Å²) < 4.78 is 0. The SMILES string of the molecule is N#CCC(O)C(O)c1ccc(Cl)cc1CO. The lowest BCUT2D eigenvalue weighted by molar-refractivity contribution is 0.0205. The molecule has 0 saturated heterocycles. The molecule has 0 heterocycles. The minimum Gasteiger partial charge on any atom is -0.392 e. The monoisotopic (exact) mass is 241 g/mol. The number of nitriles is 1. The molecular formula is C11H12ClNO3. The molecule has 3 N–H and O–H groups in total. The van der Waals surface area contributed by atoms with E-state index in [9.17, 15) is 10.2 Å². The number of hydrogen-bond acceptors (Lipinski definition) is 4. The van der Waals surface area contributed by atoms with E-state index < -0.39 is 12.2 Å². The van der Waals surface area contributed by atoms with E-state index in [0.29, 0.717) is 16.1 Å². The maximum absolute atomic E-state index is 9.77. The minimum atomic E-state index is -1.20. The molecule has 0 aliphatic rings. The molecule has 4 nitrogen and oxygen atoms in total. The van der Waals surface area contributed by atoms with Gasteiger partial charge in [0.1, 0.15) is 6.10 Å². The summed E-state index contributed by atoms with van der Waals surface area (Å²) in [5, 5.41) is 37.2. The Hall–Kier alpha value is -1.12. The summed E-state index contributed by atoms with van der Waals surface area (Å²) in [6, 6.07) is 6.36. The summed E-state index contributed by atoms with van der Waals surface area (Å²) in [6.45, 7) is -0.285. The number of aliphatic hydroxyl groups is 3. The molecule has 86 valence electrons. The van der Waals surface area contributed by atoms with Gasteiger partial charge in [0.2, 0.25) is 0 Å². The quantitative estimate of drug-likeness (QED) is 0.738. The highest BCUT2D eigenvalue weighted by Crippen LogP contribution is 2.25. The van der Waals surface area contributed by atoms with Crippen LogP contribution in [0.25, 0.3) is 0 Å². The smallest absolute Gasteiger partial charge is 0.106 e. The molecule has 0 amide bonds. The highest BCUT2D eigenvalue weighted by Gasteiger charge is 2.20. The predicted octanol–water partition coefficient (Wildman–Crippen LogP) is 1.14. The molecule has 0 bridgehead atoms. The van der Waals surface area contributed by atoms with Gasteiger partial charge in [-0.1, -0.05) is 17.7 Å². The van der Waals surface area contributed by atoms with Crippen molar-refractivity contribution < 1.29 is 15.3 Å². The molecule has 5 heteroatoms. The van der Waals surface area contributed by atoms with Crippen LogP contribution in [0.1, 0.15) is 23.7 Å². The first kappa shape index (κ1) is 12.9. The Kier molecular flexibility index (Phi) is 4.71. The Morgan fingerprint density at radius 3 is 2.62 bits per heavy atom. The van der Waals surface area contributed by atoms with Gasteiger partial charge in [-0.3, -0.25) is 0 Å². The largest absolute Gasteiger partial charge is 0.392 e. The summed E-state index contributed by atoms with van der Waals surface area (Å²) in [4.78, 5) is 0. The highest BCUT2D eigenvalue weighted by atomic mass is 35.5. The first-order valence-corrected chi connectivity index (χ1v) is 5.10. The predicted molar refractivity (Wildman–Crippen MR) is 58.6 cm³/mol. The fourth-order valence-electron chi connectivity index (χ4n) is 1.41. The van der Waals surface area contributed by atoms with E-state index in [4.69, 9.17) is 22.0 Å². The normalized spacial score (nSPS) is 14.2. The number of rotatable bonds is 4. The third kappa shape index (κ3) is 2.94. The van der Waals surface area contributed by atoms with Crippen LogP contribution in [0, 0.1) is 11.3 Å². The van der Waals surface area contributed by atoms with Gasteiger partial charge in [-0.05, 0) is 23.3 Å². The molecule has 1 rings (SSSR count). The van der Waals surface area contributed by atoms with Gasteiger partial charge in [-0.15, -0.1) is 0 Å². The van der Waals surface area contributed by atoms with Crippen LogP contribution in [-0.2, 0) is 6.61 Å². The van der Waals surface area contributed by atoms with E-state index in [0.717, 1.165) is 0 Å². The third-order valence-corrected chi connectivity index (χ3v) is 2.49. The van der Waals surface area contributed by atoms with Gasteiger partial charge in [0, 0.05) is 5.02 Å². The molecule has 1 aromatic rings. The second-order valence-electron chi connectivity index (χ2n) is 3.38. The van der Waals surface area contributed by atoms with E-state index >= 15 is 0 Å². The molecule has 0 radical (unpaired) electrons. The fourth-order valence-corrected chi connectivity index (χ4v) is 1.61. The number of aliphatic hydroxyl groups excluding tert-OH is 3. The number of nitrogens with zero attached hydrogens (tertiary/aromatic N) is 1. The van der Waals surface area contributed by atoms with E-state index in [1.165, 1.54) is 12.1 Å². The van der Waals surface area contributed by atoms with E-state index in [2.05, 4.69) is 0 Å². The van der Waals surface area contributed by atoms with Crippen LogP contribution in [0.2, 0.25) is 5.02 Å². The van der Waals surface area contributed by atoms with Gasteiger partial charge in [-0.25, -0.2) is 0 Å². The maximum Gasteiger partial charge on any atom is 0.106 e. The number of halogens is 1. The Labute approximate surface area is 98.3 Å². The zero-order valence-corrected chi connectivity index (χ0v) is 9.22. The molecule has 2 unspecified atom stereocenters. The average Bonchev–Trinajstić information content (AvgIpc) is 2.28. The summed E-state index contributed by atoms with van der Waals surface area (Å²) >= 11 is 5.73. The second-order valence-corrected chi connectivity index (χ2v) is 3.81. The summed E-state index contributed by atoms with van der Waals surface area (Å²) in [6.07, 6.45) is -2.54. The maximum atomic E-state index is 9.77. The summed E-state index contributed by atoms with van der Waals surface area (Å²) in [7, 11) is 0. The molecule has 0 fully saturated rings. The van der Waals surface area contributed by atoms with Gasteiger partial charge < -0.3 is 15.3 Å². The Bertz CT molecular complexity index is 403. The molecule has 16 heavy (non-hydrogen) atoms. The van der Waals surface area contributed by atoms with Crippen molar-refractivity contribution in [3.05, 3.63) is 34.3 Å². The van der Waals surface area contributed by atoms with E-state index in [1.54, 1.807) is 12.1 Å². The molecule has 0 aliphatic carbocycles. The molecule has 0 aromatic heterocycles. The minimum absolute atomic E-state index is 0.172. The Morgan fingerprint density at radius 2 is 2.06 bits per heavy atom. The van der Waals surface area contributed by atoms with Gasteiger partial charge in [0.05, 0.1) is 25.2 Å². The van der Waals surface area contributed by atoms with Crippen molar-refractivity contribution in [3.63, 3.8) is 0 Å². The summed E-state index contributed by atoms with van der Waals surface area (Å²) in [5.74, 6) is 0. The molecule has 1 aromatic carbocycles. The van der Waals surface area contributed by atoms with Gasteiger partial charge in [-0.2, -0.15) is 5.26 Å². The zero-order chi connectivity index (χ0) is 12.1. The fraction of sp³-hybridized carbons (Fsp3) is 0.364. The van der Waals surface area contributed by atoms with Crippen molar-refractivity contribution in [2.24, 2.45) is 0 Å².